The van der Waals surface area contributed by atoms with Crippen molar-refractivity contribution in [2.75, 3.05) is 0 Å². The summed E-state index contributed by atoms with van der Waals surface area (Å²) in [7, 11) is 0. The molecule has 2 aromatic rings. The van der Waals surface area contributed by atoms with E-state index in [1.165, 1.54) is 0 Å². The number of thioether (sulfide) groups is 1. The summed E-state index contributed by atoms with van der Waals surface area (Å²) < 4.78 is 0. The Morgan fingerprint density at radius 2 is 2.00 bits per heavy atom. The maximum Gasteiger partial charge on any atom is 0.170 e. The number of oxime groups is 1. The zero-order valence-corrected chi connectivity index (χ0v) is 11.5. The molecule has 0 unspecified atom stereocenters. The Morgan fingerprint density at radius 3 is 2.58 bits per heavy atom. The van der Waals surface area contributed by atoms with Crippen LogP contribution in [-0.2, 0) is 5.75 Å². The molecular formula is C13H12ClN3OS. The molecule has 0 atom stereocenters. The third kappa shape index (κ3) is 3.87. The lowest BCUT2D eigenvalue weighted by Gasteiger charge is -2.03. The largest absolute Gasteiger partial charge is 0.409 e. The molecule has 0 fully saturated rings. The minimum absolute atomic E-state index is 0.110. The quantitative estimate of drug-likeness (QED) is 0.299. The number of aromatic nitrogens is 1. The van der Waals surface area contributed by atoms with Crippen molar-refractivity contribution >= 4 is 29.2 Å². The summed E-state index contributed by atoms with van der Waals surface area (Å²) in [6, 6.07) is 11.2. The van der Waals surface area contributed by atoms with E-state index >= 15 is 0 Å². The van der Waals surface area contributed by atoms with Gasteiger partial charge in [-0.15, -0.1) is 11.8 Å². The van der Waals surface area contributed by atoms with Crippen LogP contribution in [0.1, 0.15) is 11.1 Å². The zero-order valence-electron chi connectivity index (χ0n) is 9.95. The second-order valence-corrected chi connectivity index (χ2v) is 5.22. The van der Waals surface area contributed by atoms with Gasteiger partial charge in [-0.3, -0.25) is 0 Å². The molecular weight excluding hydrogens is 282 g/mol. The van der Waals surface area contributed by atoms with Crippen molar-refractivity contribution in [3.8, 4) is 0 Å². The maximum atomic E-state index is 8.57. The van der Waals surface area contributed by atoms with Crippen LogP contribution in [0.5, 0.6) is 0 Å². The summed E-state index contributed by atoms with van der Waals surface area (Å²) in [6.45, 7) is 0. The molecule has 0 bridgehead atoms. The zero-order chi connectivity index (χ0) is 13.7. The van der Waals surface area contributed by atoms with Crippen molar-refractivity contribution < 1.29 is 5.21 Å². The maximum absolute atomic E-state index is 8.57. The molecule has 3 N–H and O–H groups in total. The molecule has 6 heteroatoms. The molecule has 2 rings (SSSR count). The topological polar surface area (TPSA) is 71.5 Å². The first-order valence-electron chi connectivity index (χ1n) is 5.50. The van der Waals surface area contributed by atoms with Crippen LogP contribution in [0, 0.1) is 0 Å². The van der Waals surface area contributed by atoms with Gasteiger partial charge in [-0.1, -0.05) is 41.0 Å². The molecule has 1 heterocycles. The number of halogens is 1. The van der Waals surface area contributed by atoms with E-state index in [1.54, 1.807) is 18.0 Å². The normalized spacial score (nSPS) is 11.5. The fourth-order valence-corrected chi connectivity index (χ4v) is 2.34. The molecule has 0 saturated heterocycles. The van der Waals surface area contributed by atoms with Crippen molar-refractivity contribution in [1.82, 2.24) is 4.98 Å². The minimum atomic E-state index is 0.110. The Hall–Kier alpha value is -1.72. The predicted molar refractivity (Wildman–Crippen MR) is 77.8 cm³/mol. The molecule has 0 saturated carbocycles. The first-order valence-corrected chi connectivity index (χ1v) is 6.86. The van der Waals surface area contributed by atoms with Crippen LogP contribution in [-0.4, -0.2) is 16.0 Å². The molecule has 0 aliphatic heterocycles. The van der Waals surface area contributed by atoms with E-state index in [0.717, 1.165) is 16.3 Å². The van der Waals surface area contributed by atoms with Crippen LogP contribution < -0.4 is 5.73 Å². The van der Waals surface area contributed by atoms with Gasteiger partial charge in [-0.2, -0.15) is 0 Å². The van der Waals surface area contributed by atoms with E-state index in [4.69, 9.17) is 22.5 Å². The molecule has 1 aromatic heterocycles. The van der Waals surface area contributed by atoms with Crippen LogP contribution in [0.4, 0.5) is 0 Å². The van der Waals surface area contributed by atoms with Crippen molar-refractivity contribution in [3.05, 3.63) is 58.7 Å². The van der Waals surface area contributed by atoms with Crippen LogP contribution in [0.3, 0.4) is 0 Å². The van der Waals surface area contributed by atoms with Crippen LogP contribution in [0.2, 0.25) is 5.02 Å². The van der Waals surface area contributed by atoms with Gasteiger partial charge in [0.15, 0.2) is 5.84 Å². The summed E-state index contributed by atoms with van der Waals surface area (Å²) in [5.41, 5.74) is 7.33. The second-order valence-electron chi connectivity index (χ2n) is 3.79. The van der Waals surface area contributed by atoms with Crippen molar-refractivity contribution in [3.63, 3.8) is 0 Å². The van der Waals surface area contributed by atoms with E-state index in [1.807, 2.05) is 36.4 Å². The monoisotopic (exact) mass is 293 g/mol. The van der Waals surface area contributed by atoms with Crippen molar-refractivity contribution in [2.24, 2.45) is 10.9 Å². The summed E-state index contributed by atoms with van der Waals surface area (Å²) in [5.74, 6) is 0.906. The van der Waals surface area contributed by atoms with Gasteiger partial charge in [0.25, 0.3) is 0 Å². The molecule has 0 aliphatic rings. The number of amidine groups is 1. The highest BCUT2D eigenvalue weighted by atomic mass is 35.5. The van der Waals surface area contributed by atoms with E-state index in [0.29, 0.717) is 10.6 Å². The minimum Gasteiger partial charge on any atom is -0.409 e. The molecule has 98 valence electrons. The fourth-order valence-electron chi connectivity index (χ4n) is 1.43. The SMILES string of the molecule is NC(=NO)c1ccc(CSc2ccc(Cl)cn2)cc1. The Labute approximate surface area is 120 Å². The van der Waals surface area contributed by atoms with Crippen LogP contribution >= 0.6 is 23.4 Å². The lowest BCUT2D eigenvalue weighted by atomic mass is 10.1. The van der Waals surface area contributed by atoms with Crippen LogP contribution in [0.15, 0.2) is 52.8 Å². The molecule has 1 aromatic carbocycles. The number of pyridine rings is 1. The molecule has 0 spiro atoms. The van der Waals surface area contributed by atoms with E-state index in [2.05, 4.69) is 10.1 Å². The lowest BCUT2D eigenvalue weighted by Crippen LogP contribution is -2.12. The predicted octanol–water partition coefficient (Wildman–Crippen LogP) is 3.12. The molecule has 0 radical (unpaired) electrons. The Balaban J connectivity index is 1.98. The van der Waals surface area contributed by atoms with Gasteiger partial charge in [0.05, 0.1) is 10.0 Å². The Bertz CT molecular complexity index is 569. The van der Waals surface area contributed by atoms with E-state index in [-0.39, 0.29) is 5.84 Å². The number of hydrogen-bond acceptors (Lipinski definition) is 4. The summed E-state index contributed by atoms with van der Waals surface area (Å²) in [5, 5.41) is 13.1. The number of nitrogens with zero attached hydrogens (tertiary/aromatic N) is 2. The van der Waals surface area contributed by atoms with E-state index in [9.17, 15) is 0 Å². The highest BCUT2D eigenvalue weighted by Gasteiger charge is 2.01. The number of hydrogen-bond donors (Lipinski definition) is 2. The van der Waals surface area contributed by atoms with Gasteiger partial charge in [-0.25, -0.2) is 4.98 Å². The van der Waals surface area contributed by atoms with Gasteiger partial charge in [0, 0.05) is 17.5 Å². The van der Waals surface area contributed by atoms with E-state index < -0.39 is 0 Å². The summed E-state index contributed by atoms with van der Waals surface area (Å²) in [4.78, 5) is 4.21. The summed E-state index contributed by atoms with van der Waals surface area (Å²) >= 11 is 7.40. The fraction of sp³-hybridized carbons (Fsp3) is 0.0769. The first kappa shape index (κ1) is 13.7. The smallest absolute Gasteiger partial charge is 0.170 e. The van der Waals surface area contributed by atoms with Gasteiger partial charge < -0.3 is 10.9 Å². The molecule has 4 nitrogen and oxygen atoms in total. The van der Waals surface area contributed by atoms with Crippen molar-refractivity contribution in [2.45, 2.75) is 10.8 Å². The number of benzene rings is 1. The Kier molecular flexibility index (Phi) is 4.65. The molecule has 19 heavy (non-hydrogen) atoms. The average molecular weight is 294 g/mol. The first-order chi connectivity index (χ1) is 9.19. The Morgan fingerprint density at radius 1 is 1.26 bits per heavy atom. The average Bonchev–Trinajstić information content (AvgIpc) is 2.46. The van der Waals surface area contributed by atoms with Gasteiger partial charge >= 0.3 is 0 Å². The van der Waals surface area contributed by atoms with Crippen molar-refractivity contribution in [1.29, 1.82) is 0 Å². The lowest BCUT2D eigenvalue weighted by molar-refractivity contribution is 0.318. The van der Waals surface area contributed by atoms with Gasteiger partial charge in [-0.05, 0) is 17.7 Å². The molecule has 0 aliphatic carbocycles. The highest BCUT2D eigenvalue weighted by Crippen LogP contribution is 2.22. The summed E-state index contributed by atoms with van der Waals surface area (Å²) in [6.07, 6.45) is 1.63. The van der Waals surface area contributed by atoms with Gasteiger partial charge in [0.1, 0.15) is 0 Å². The molecule has 0 amide bonds. The number of nitrogens with two attached hydrogens (primary N) is 1. The standard InChI is InChI=1S/C13H12ClN3OS/c14-11-5-6-12(16-7-11)19-8-9-1-3-10(4-2-9)13(15)17-18/h1-7,18H,8H2,(H2,15,17). The third-order valence-electron chi connectivity index (χ3n) is 2.44. The van der Waals surface area contributed by atoms with Crippen LogP contribution in [0.25, 0.3) is 0 Å². The number of rotatable bonds is 4. The highest BCUT2D eigenvalue weighted by molar-refractivity contribution is 7.98. The second kappa shape index (κ2) is 6.45. The van der Waals surface area contributed by atoms with Gasteiger partial charge in [0.2, 0.25) is 0 Å². The third-order valence-corrected chi connectivity index (χ3v) is 3.68.